The monoisotopic (exact) mass is 206 g/mol. The molecule has 0 bridgehead atoms. The van der Waals surface area contributed by atoms with Gasteiger partial charge in [0.25, 0.3) is 5.91 Å². The maximum Gasteiger partial charge on any atom is 0.254 e. The summed E-state index contributed by atoms with van der Waals surface area (Å²) >= 11 is 1.91. The highest BCUT2D eigenvalue weighted by Gasteiger charge is 2.17. The fourth-order valence-corrected chi connectivity index (χ4v) is 2.37. The van der Waals surface area contributed by atoms with Crippen LogP contribution in [0.15, 0.2) is 24.3 Å². The molecular weight excluding hydrogens is 194 g/mol. The molecule has 14 heavy (non-hydrogen) atoms. The van der Waals surface area contributed by atoms with Crippen LogP contribution in [0.2, 0.25) is 0 Å². The molecule has 1 radical (unpaired) electrons. The molecule has 0 aliphatic carbocycles. The lowest BCUT2D eigenvalue weighted by Gasteiger charge is -2.26. The number of benzene rings is 1. The van der Waals surface area contributed by atoms with Gasteiger partial charge in [-0.1, -0.05) is 18.2 Å². The normalized spacial score (nSPS) is 16.7. The minimum atomic E-state index is 0.117. The summed E-state index contributed by atoms with van der Waals surface area (Å²) in [5, 5.41) is 0. The van der Waals surface area contributed by atoms with Gasteiger partial charge in [-0.3, -0.25) is 4.79 Å². The number of hydrogen-bond donors (Lipinski definition) is 0. The third-order valence-corrected chi connectivity index (χ3v) is 3.18. The van der Waals surface area contributed by atoms with Gasteiger partial charge in [-0.25, -0.2) is 0 Å². The summed E-state index contributed by atoms with van der Waals surface area (Å²) in [5.74, 6) is 2.22. The van der Waals surface area contributed by atoms with Crippen LogP contribution in [0, 0.1) is 6.07 Å². The molecule has 2 rings (SSSR count). The van der Waals surface area contributed by atoms with Crippen LogP contribution in [-0.2, 0) is 0 Å². The lowest BCUT2D eigenvalue weighted by molar-refractivity contribution is 0.0772. The number of thioether (sulfide) groups is 1. The van der Waals surface area contributed by atoms with Crippen molar-refractivity contribution >= 4 is 17.7 Å². The number of nitrogens with zero attached hydrogens (tertiary/aromatic N) is 1. The van der Waals surface area contributed by atoms with Gasteiger partial charge in [0.1, 0.15) is 0 Å². The van der Waals surface area contributed by atoms with Gasteiger partial charge in [0.2, 0.25) is 0 Å². The highest BCUT2D eigenvalue weighted by molar-refractivity contribution is 7.99. The van der Waals surface area contributed by atoms with E-state index in [4.69, 9.17) is 0 Å². The van der Waals surface area contributed by atoms with Crippen molar-refractivity contribution in [2.24, 2.45) is 0 Å². The average Bonchev–Trinajstić information content (AvgIpc) is 2.30. The molecular formula is C11H12NOS. The first-order valence-corrected chi connectivity index (χ1v) is 5.87. The summed E-state index contributed by atoms with van der Waals surface area (Å²) in [5.41, 5.74) is 0.680. The van der Waals surface area contributed by atoms with E-state index in [0.717, 1.165) is 24.6 Å². The van der Waals surface area contributed by atoms with E-state index in [-0.39, 0.29) is 5.91 Å². The van der Waals surface area contributed by atoms with Gasteiger partial charge in [-0.05, 0) is 12.1 Å². The summed E-state index contributed by atoms with van der Waals surface area (Å²) in [7, 11) is 0. The number of carbonyl (C=O) groups is 1. The minimum Gasteiger partial charge on any atom is -0.337 e. The Morgan fingerprint density at radius 3 is 2.79 bits per heavy atom. The molecule has 0 aromatic heterocycles. The predicted molar refractivity (Wildman–Crippen MR) is 58.5 cm³/mol. The van der Waals surface area contributed by atoms with Gasteiger partial charge in [-0.2, -0.15) is 11.8 Å². The van der Waals surface area contributed by atoms with Gasteiger partial charge >= 0.3 is 0 Å². The lowest BCUT2D eigenvalue weighted by atomic mass is 10.2. The maximum absolute atomic E-state index is 11.9. The first-order valence-electron chi connectivity index (χ1n) is 4.71. The van der Waals surface area contributed by atoms with Crippen molar-refractivity contribution in [1.82, 2.24) is 4.90 Å². The van der Waals surface area contributed by atoms with Gasteiger partial charge in [0, 0.05) is 30.2 Å². The van der Waals surface area contributed by atoms with Gasteiger partial charge in [0.05, 0.1) is 0 Å². The maximum atomic E-state index is 11.9. The Balaban J connectivity index is 2.07. The number of amides is 1. The lowest BCUT2D eigenvalue weighted by Crippen LogP contribution is -2.37. The number of hydrogen-bond acceptors (Lipinski definition) is 2. The SMILES string of the molecule is O=C(c1[c]cccc1)N1CCSCC1. The Morgan fingerprint density at radius 2 is 2.14 bits per heavy atom. The van der Waals surface area contributed by atoms with E-state index >= 15 is 0 Å². The van der Waals surface area contributed by atoms with E-state index in [1.54, 1.807) is 6.07 Å². The molecule has 3 heteroatoms. The second-order valence-corrected chi connectivity index (χ2v) is 4.41. The van der Waals surface area contributed by atoms with Crippen LogP contribution in [0.5, 0.6) is 0 Å². The third-order valence-electron chi connectivity index (χ3n) is 2.24. The molecule has 2 nitrogen and oxygen atoms in total. The van der Waals surface area contributed by atoms with Crippen LogP contribution in [0.1, 0.15) is 10.4 Å². The van der Waals surface area contributed by atoms with E-state index in [1.807, 2.05) is 34.9 Å². The van der Waals surface area contributed by atoms with Crippen LogP contribution in [0.3, 0.4) is 0 Å². The summed E-state index contributed by atoms with van der Waals surface area (Å²) in [4.78, 5) is 13.8. The van der Waals surface area contributed by atoms with Gasteiger partial charge in [0.15, 0.2) is 0 Å². The molecule has 0 saturated carbocycles. The van der Waals surface area contributed by atoms with Gasteiger partial charge in [-0.15, -0.1) is 0 Å². The van der Waals surface area contributed by atoms with Crippen molar-refractivity contribution in [2.75, 3.05) is 24.6 Å². The van der Waals surface area contributed by atoms with E-state index in [1.165, 1.54) is 0 Å². The number of carbonyl (C=O) groups excluding carboxylic acids is 1. The Labute approximate surface area is 88.3 Å². The topological polar surface area (TPSA) is 20.3 Å². The molecule has 0 spiro atoms. The van der Waals surface area contributed by atoms with E-state index < -0.39 is 0 Å². The largest absolute Gasteiger partial charge is 0.337 e. The summed E-state index contributed by atoms with van der Waals surface area (Å²) in [6.45, 7) is 1.73. The summed E-state index contributed by atoms with van der Waals surface area (Å²) in [6, 6.07) is 10.3. The molecule has 1 fully saturated rings. The van der Waals surface area contributed by atoms with E-state index in [0.29, 0.717) is 5.56 Å². The second kappa shape index (κ2) is 4.51. The van der Waals surface area contributed by atoms with Crippen molar-refractivity contribution in [3.8, 4) is 0 Å². The standard InChI is InChI=1S/C11H12NOS/c13-11(10-4-2-1-3-5-10)12-6-8-14-9-7-12/h1-4H,6-9H2. The zero-order valence-corrected chi connectivity index (χ0v) is 8.72. The van der Waals surface area contributed by atoms with Gasteiger partial charge < -0.3 is 4.90 Å². The second-order valence-electron chi connectivity index (χ2n) is 3.18. The smallest absolute Gasteiger partial charge is 0.254 e. The quantitative estimate of drug-likeness (QED) is 0.696. The molecule has 0 N–H and O–H groups in total. The van der Waals surface area contributed by atoms with Crippen molar-refractivity contribution in [3.63, 3.8) is 0 Å². The predicted octanol–water partition coefficient (Wildman–Crippen LogP) is 1.68. The van der Waals surface area contributed by atoms with Crippen LogP contribution >= 0.6 is 11.8 Å². The fraction of sp³-hybridized carbons (Fsp3) is 0.364. The zero-order chi connectivity index (χ0) is 9.80. The highest BCUT2D eigenvalue weighted by atomic mass is 32.2. The molecule has 1 aliphatic heterocycles. The van der Waals surface area contributed by atoms with Crippen molar-refractivity contribution in [2.45, 2.75) is 0 Å². The average molecular weight is 206 g/mol. The molecule has 1 saturated heterocycles. The summed E-state index contributed by atoms with van der Waals surface area (Å²) in [6.07, 6.45) is 0. The van der Waals surface area contributed by atoms with Crippen molar-refractivity contribution in [3.05, 3.63) is 35.9 Å². The summed E-state index contributed by atoms with van der Waals surface area (Å²) < 4.78 is 0. The molecule has 1 aromatic carbocycles. The first-order chi connectivity index (χ1) is 6.88. The van der Waals surface area contributed by atoms with Crippen LogP contribution in [0.4, 0.5) is 0 Å². The van der Waals surface area contributed by atoms with Crippen molar-refractivity contribution in [1.29, 1.82) is 0 Å². The molecule has 1 heterocycles. The molecule has 73 valence electrons. The van der Waals surface area contributed by atoms with Crippen molar-refractivity contribution < 1.29 is 4.79 Å². The molecule has 0 atom stereocenters. The highest BCUT2D eigenvalue weighted by Crippen LogP contribution is 2.12. The fourth-order valence-electron chi connectivity index (χ4n) is 1.46. The Kier molecular flexibility index (Phi) is 3.09. The van der Waals surface area contributed by atoms with E-state index in [9.17, 15) is 4.79 Å². The van der Waals surface area contributed by atoms with Crippen LogP contribution in [-0.4, -0.2) is 35.4 Å². The third kappa shape index (κ3) is 2.10. The Morgan fingerprint density at radius 1 is 1.36 bits per heavy atom. The van der Waals surface area contributed by atoms with Crippen LogP contribution < -0.4 is 0 Å². The molecule has 0 unspecified atom stereocenters. The first kappa shape index (κ1) is 9.59. The minimum absolute atomic E-state index is 0.117. The zero-order valence-electron chi connectivity index (χ0n) is 7.90. The Bertz CT molecular complexity index is 306. The molecule has 1 amide bonds. The Hall–Kier alpha value is -0.960. The molecule has 1 aliphatic rings. The van der Waals surface area contributed by atoms with Crippen LogP contribution in [0.25, 0.3) is 0 Å². The molecule has 1 aromatic rings. The van der Waals surface area contributed by atoms with E-state index in [2.05, 4.69) is 6.07 Å². The number of rotatable bonds is 1.